The fraction of sp³-hybridized carbons (Fsp3) is 0.562. The van der Waals surface area contributed by atoms with E-state index < -0.39 is 12.0 Å². The van der Waals surface area contributed by atoms with Crippen LogP contribution in [0.15, 0.2) is 18.2 Å². The number of rotatable bonds is 3. The fourth-order valence-electron chi connectivity index (χ4n) is 3.56. The first-order valence-corrected chi connectivity index (χ1v) is 7.57. The lowest BCUT2D eigenvalue weighted by Crippen LogP contribution is -2.56. The van der Waals surface area contributed by atoms with E-state index in [4.69, 9.17) is 4.74 Å². The maximum Gasteiger partial charge on any atom is 0.322 e. The van der Waals surface area contributed by atoms with Crippen molar-refractivity contribution in [1.82, 2.24) is 10.2 Å². The van der Waals surface area contributed by atoms with Crippen LogP contribution in [0.1, 0.15) is 30.0 Å². The van der Waals surface area contributed by atoms with E-state index in [1.165, 1.54) is 11.1 Å². The molecule has 0 spiro atoms. The molecule has 0 amide bonds. The van der Waals surface area contributed by atoms with Gasteiger partial charge >= 0.3 is 5.97 Å². The van der Waals surface area contributed by atoms with Gasteiger partial charge in [0.1, 0.15) is 11.8 Å². The van der Waals surface area contributed by atoms with Crippen molar-refractivity contribution in [3.8, 4) is 5.75 Å². The van der Waals surface area contributed by atoms with Crippen LogP contribution in [0.25, 0.3) is 0 Å². The Kier molecular flexibility index (Phi) is 4.12. The molecule has 21 heavy (non-hydrogen) atoms. The molecule has 2 unspecified atom stereocenters. The first-order chi connectivity index (χ1) is 10.2. The number of nitrogens with zero attached hydrogens (tertiary/aromatic N) is 1. The number of fused-ring (bicyclic) bond motifs is 1. The molecule has 2 atom stereocenters. The van der Waals surface area contributed by atoms with E-state index in [1.54, 1.807) is 7.11 Å². The van der Waals surface area contributed by atoms with Crippen molar-refractivity contribution in [2.75, 3.05) is 26.7 Å². The number of nitrogens with one attached hydrogen (secondary N) is 1. The molecule has 0 aromatic heterocycles. The Balaban J connectivity index is 1.91. The van der Waals surface area contributed by atoms with Gasteiger partial charge in [0, 0.05) is 25.7 Å². The Hall–Kier alpha value is -1.59. The molecule has 1 heterocycles. The van der Waals surface area contributed by atoms with Crippen LogP contribution < -0.4 is 10.1 Å². The number of hydrogen-bond acceptors (Lipinski definition) is 4. The molecule has 1 fully saturated rings. The lowest BCUT2D eigenvalue weighted by atomic mass is 9.85. The summed E-state index contributed by atoms with van der Waals surface area (Å²) < 4.78 is 5.30. The van der Waals surface area contributed by atoms with Gasteiger partial charge < -0.3 is 15.2 Å². The molecule has 0 saturated carbocycles. The van der Waals surface area contributed by atoms with E-state index in [0.717, 1.165) is 38.1 Å². The summed E-state index contributed by atoms with van der Waals surface area (Å²) in [7, 11) is 1.68. The van der Waals surface area contributed by atoms with Crippen molar-refractivity contribution in [3.63, 3.8) is 0 Å². The van der Waals surface area contributed by atoms with E-state index in [1.807, 2.05) is 6.07 Å². The van der Waals surface area contributed by atoms with Gasteiger partial charge in [-0.1, -0.05) is 6.07 Å². The Morgan fingerprint density at radius 2 is 2.33 bits per heavy atom. The Morgan fingerprint density at radius 1 is 1.48 bits per heavy atom. The summed E-state index contributed by atoms with van der Waals surface area (Å²) in [5.41, 5.74) is 2.57. The van der Waals surface area contributed by atoms with Gasteiger partial charge in [0.25, 0.3) is 0 Å². The SMILES string of the molecule is COc1ccc2c(c1)CCCC2N1CCNCC1C(=O)O. The molecule has 1 aromatic carbocycles. The minimum Gasteiger partial charge on any atom is -0.497 e. The third kappa shape index (κ3) is 2.76. The predicted molar refractivity (Wildman–Crippen MR) is 79.7 cm³/mol. The number of methoxy groups -OCH3 is 1. The minimum absolute atomic E-state index is 0.211. The smallest absolute Gasteiger partial charge is 0.322 e. The summed E-state index contributed by atoms with van der Waals surface area (Å²) in [6.07, 6.45) is 3.18. The van der Waals surface area contributed by atoms with Gasteiger partial charge in [-0.25, -0.2) is 0 Å². The van der Waals surface area contributed by atoms with Crippen molar-refractivity contribution >= 4 is 5.97 Å². The largest absolute Gasteiger partial charge is 0.497 e. The summed E-state index contributed by atoms with van der Waals surface area (Å²) >= 11 is 0. The third-order valence-electron chi connectivity index (χ3n) is 4.60. The summed E-state index contributed by atoms with van der Waals surface area (Å²) in [6.45, 7) is 2.16. The van der Waals surface area contributed by atoms with E-state index in [2.05, 4.69) is 22.3 Å². The van der Waals surface area contributed by atoms with Gasteiger partial charge in [0.2, 0.25) is 0 Å². The Bertz CT molecular complexity index is 532. The van der Waals surface area contributed by atoms with Crippen molar-refractivity contribution in [1.29, 1.82) is 0 Å². The standard InChI is InChI=1S/C16H22N2O3/c1-21-12-5-6-13-11(9-12)3-2-4-14(13)18-8-7-17-10-15(18)16(19)20/h5-6,9,14-15,17H,2-4,7-8,10H2,1H3,(H,19,20). The first kappa shape index (κ1) is 14.4. The van der Waals surface area contributed by atoms with Gasteiger partial charge in [0.05, 0.1) is 7.11 Å². The van der Waals surface area contributed by atoms with Crippen molar-refractivity contribution in [2.45, 2.75) is 31.3 Å². The topological polar surface area (TPSA) is 61.8 Å². The molecular weight excluding hydrogens is 268 g/mol. The van der Waals surface area contributed by atoms with Crippen LogP contribution in [0.3, 0.4) is 0 Å². The molecule has 1 saturated heterocycles. The maximum absolute atomic E-state index is 11.5. The second-order valence-corrected chi connectivity index (χ2v) is 5.77. The molecule has 5 nitrogen and oxygen atoms in total. The number of benzene rings is 1. The number of carboxylic acids is 1. The second kappa shape index (κ2) is 6.03. The third-order valence-corrected chi connectivity index (χ3v) is 4.60. The van der Waals surface area contributed by atoms with Gasteiger partial charge in [0.15, 0.2) is 0 Å². The van der Waals surface area contributed by atoms with Crippen LogP contribution in [0.2, 0.25) is 0 Å². The van der Waals surface area contributed by atoms with Gasteiger partial charge in [-0.15, -0.1) is 0 Å². The number of aryl methyl sites for hydroxylation is 1. The zero-order valence-electron chi connectivity index (χ0n) is 12.3. The number of hydrogen-bond donors (Lipinski definition) is 2. The summed E-state index contributed by atoms with van der Waals surface area (Å²) in [5, 5.41) is 12.7. The number of aliphatic carboxylic acids is 1. The number of carboxylic acid groups (broad SMARTS) is 1. The number of ether oxygens (including phenoxy) is 1. The molecule has 2 N–H and O–H groups in total. The molecule has 1 aliphatic carbocycles. The molecule has 3 rings (SSSR count). The second-order valence-electron chi connectivity index (χ2n) is 5.77. The van der Waals surface area contributed by atoms with E-state index in [-0.39, 0.29) is 6.04 Å². The monoisotopic (exact) mass is 290 g/mol. The maximum atomic E-state index is 11.5. The first-order valence-electron chi connectivity index (χ1n) is 7.57. The normalized spacial score (nSPS) is 26.1. The van der Waals surface area contributed by atoms with E-state index >= 15 is 0 Å². The van der Waals surface area contributed by atoms with Gasteiger partial charge in [-0.2, -0.15) is 0 Å². The average Bonchev–Trinajstić information content (AvgIpc) is 2.53. The lowest BCUT2D eigenvalue weighted by molar-refractivity contribution is -0.145. The van der Waals surface area contributed by atoms with E-state index in [9.17, 15) is 9.90 Å². The molecule has 1 aromatic rings. The van der Waals surface area contributed by atoms with Crippen LogP contribution in [0.5, 0.6) is 5.75 Å². The van der Waals surface area contributed by atoms with E-state index in [0.29, 0.717) is 6.54 Å². The average molecular weight is 290 g/mol. The zero-order chi connectivity index (χ0) is 14.8. The quantitative estimate of drug-likeness (QED) is 0.882. The van der Waals surface area contributed by atoms with Crippen LogP contribution in [0, 0.1) is 0 Å². The van der Waals surface area contributed by atoms with Crippen molar-refractivity contribution < 1.29 is 14.6 Å². The predicted octanol–water partition coefficient (Wildman–Crippen LogP) is 1.43. The van der Waals surface area contributed by atoms with Crippen molar-refractivity contribution in [2.24, 2.45) is 0 Å². The highest BCUT2D eigenvalue weighted by atomic mass is 16.5. The molecule has 0 radical (unpaired) electrons. The summed E-state index contributed by atoms with van der Waals surface area (Å²) in [6, 6.07) is 5.97. The molecule has 5 heteroatoms. The van der Waals surface area contributed by atoms with Crippen LogP contribution >= 0.6 is 0 Å². The highest BCUT2D eigenvalue weighted by Crippen LogP contribution is 2.37. The lowest BCUT2D eigenvalue weighted by Gasteiger charge is -2.42. The molecule has 2 aliphatic rings. The molecule has 0 bridgehead atoms. The zero-order valence-corrected chi connectivity index (χ0v) is 12.3. The Morgan fingerprint density at radius 3 is 3.10 bits per heavy atom. The number of carbonyl (C=O) groups is 1. The van der Waals surface area contributed by atoms with Gasteiger partial charge in [-0.05, 0) is 42.5 Å². The van der Waals surface area contributed by atoms with Crippen LogP contribution in [-0.4, -0.2) is 48.8 Å². The molecular formula is C16H22N2O3. The minimum atomic E-state index is -0.733. The highest BCUT2D eigenvalue weighted by Gasteiger charge is 2.36. The number of piperazine rings is 1. The fourth-order valence-corrected chi connectivity index (χ4v) is 3.56. The van der Waals surface area contributed by atoms with Gasteiger partial charge in [-0.3, -0.25) is 9.69 Å². The summed E-state index contributed by atoms with van der Waals surface area (Å²) in [4.78, 5) is 13.7. The van der Waals surface area contributed by atoms with Crippen molar-refractivity contribution in [3.05, 3.63) is 29.3 Å². The molecule has 114 valence electrons. The Labute approximate surface area is 124 Å². The molecule has 1 aliphatic heterocycles. The summed E-state index contributed by atoms with van der Waals surface area (Å²) in [5.74, 6) is 0.146. The van der Waals surface area contributed by atoms with Crippen LogP contribution in [0.4, 0.5) is 0 Å². The highest BCUT2D eigenvalue weighted by molar-refractivity contribution is 5.74. The van der Waals surface area contributed by atoms with Crippen LogP contribution in [-0.2, 0) is 11.2 Å².